The molecule has 1 amide bonds. The van der Waals surface area contributed by atoms with Crippen LogP contribution in [0.15, 0.2) is 36.0 Å². The van der Waals surface area contributed by atoms with E-state index in [0.717, 1.165) is 39.1 Å². The van der Waals surface area contributed by atoms with Gasteiger partial charge in [0.25, 0.3) is 0 Å². The summed E-state index contributed by atoms with van der Waals surface area (Å²) in [7, 11) is 0. The van der Waals surface area contributed by atoms with Gasteiger partial charge in [0.15, 0.2) is 6.10 Å². The fourth-order valence-electron chi connectivity index (χ4n) is 7.31. The summed E-state index contributed by atoms with van der Waals surface area (Å²) < 4.78 is 23.1. The van der Waals surface area contributed by atoms with Gasteiger partial charge >= 0.3 is 12.1 Å². The summed E-state index contributed by atoms with van der Waals surface area (Å²) >= 11 is 0. The molecule has 50 heavy (non-hydrogen) atoms. The van der Waals surface area contributed by atoms with Gasteiger partial charge in [-0.15, -0.1) is 0 Å². The molecule has 12 heteroatoms. The molecule has 4 heterocycles. The lowest BCUT2D eigenvalue weighted by atomic mass is 9.88. The van der Waals surface area contributed by atoms with E-state index in [0.29, 0.717) is 37.5 Å². The van der Waals surface area contributed by atoms with Crippen LogP contribution in [0.5, 0.6) is 0 Å². The molecule has 10 atom stereocenters. The maximum absolute atomic E-state index is 13.4. The zero-order valence-electron chi connectivity index (χ0n) is 30.9. The van der Waals surface area contributed by atoms with Crippen molar-refractivity contribution in [1.29, 1.82) is 0 Å². The molecule has 0 spiro atoms. The molecular weight excluding hydrogens is 644 g/mol. The van der Waals surface area contributed by atoms with E-state index in [4.69, 9.17) is 18.9 Å². The lowest BCUT2D eigenvalue weighted by Gasteiger charge is -2.41. The fourth-order valence-corrected chi connectivity index (χ4v) is 7.31. The Kier molecular flexibility index (Phi) is 14.5. The number of piperazine rings is 1. The van der Waals surface area contributed by atoms with E-state index in [9.17, 15) is 30.0 Å². The number of allylic oxidation sites excluding steroid dienone is 2. The number of hydrogen-bond donors (Lipinski definition) is 4. The molecule has 3 fully saturated rings. The molecule has 0 aromatic heterocycles. The number of aliphatic hydroxyl groups excluding tert-OH is 2. The number of carbonyl (C=O) groups is 2. The van der Waals surface area contributed by atoms with Gasteiger partial charge in [0.2, 0.25) is 0 Å². The third-order valence-electron chi connectivity index (χ3n) is 10.9. The molecule has 0 radical (unpaired) electrons. The monoisotopic (exact) mass is 706 g/mol. The van der Waals surface area contributed by atoms with E-state index >= 15 is 0 Å². The maximum atomic E-state index is 13.4. The van der Waals surface area contributed by atoms with Gasteiger partial charge < -0.3 is 44.3 Å². The van der Waals surface area contributed by atoms with Gasteiger partial charge in [-0.05, 0) is 64.5 Å². The van der Waals surface area contributed by atoms with Gasteiger partial charge in [-0.2, -0.15) is 0 Å². The van der Waals surface area contributed by atoms with E-state index in [1.165, 1.54) is 0 Å². The summed E-state index contributed by atoms with van der Waals surface area (Å²) in [5, 5.41) is 43.4. The molecule has 4 rings (SSSR count). The summed E-state index contributed by atoms with van der Waals surface area (Å²) in [5.74, 6) is -0.955. The van der Waals surface area contributed by atoms with Crippen molar-refractivity contribution in [2.75, 3.05) is 39.4 Å². The van der Waals surface area contributed by atoms with Crippen molar-refractivity contribution in [1.82, 2.24) is 9.80 Å². The van der Waals surface area contributed by atoms with Crippen molar-refractivity contribution < 1.29 is 49.0 Å². The Morgan fingerprint density at radius 2 is 1.86 bits per heavy atom. The van der Waals surface area contributed by atoms with Crippen LogP contribution in [0, 0.1) is 11.8 Å². The van der Waals surface area contributed by atoms with E-state index in [1.807, 2.05) is 27.7 Å². The highest BCUT2D eigenvalue weighted by Crippen LogP contribution is 2.37. The molecular formula is C38H62N2O10. The van der Waals surface area contributed by atoms with Gasteiger partial charge in [-0.25, -0.2) is 4.79 Å². The molecule has 10 unspecified atom stereocenters. The number of hydrogen-bond acceptors (Lipinski definition) is 11. The van der Waals surface area contributed by atoms with Crippen molar-refractivity contribution >= 4 is 12.1 Å². The molecule has 0 aromatic rings. The van der Waals surface area contributed by atoms with Gasteiger partial charge in [0.05, 0.1) is 36.4 Å². The van der Waals surface area contributed by atoms with Crippen LogP contribution in [0.4, 0.5) is 4.79 Å². The first kappa shape index (κ1) is 40.5. The lowest BCUT2D eigenvalue weighted by Crippen LogP contribution is -2.54. The zero-order chi connectivity index (χ0) is 36.6. The SMILES string of the molecule is CCC(O)C(C)C1OC1CC(C)(O)/C=C/C=C(\C)C1OC(=O)CC(O)CCC(C)(O)C(OC(=O)N2CCN(C3CCOCC3)CC2)/C=C/C1C. The van der Waals surface area contributed by atoms with Gasteiger partial charge in [-0.3, -0.25) is 9.69 Å². The molecule has 4 N–H and O–H groups in total. The van der Waals surface area contributed by atoms with Crippen molar-refractivity contribution in [2.45, 2.75) is 140 Å². The van der Waals surface area contributed by atoms with Crippen molar-refractivity contribution in [3.8, 4) is 0 Å². The van der Waals surface area contributed by atoms with Crippen LogP contribution in [0.1, 0.15) is 86.5 Å². The van der Waals surface area contributed by atoms with Crippen LogP contribution in [0.25, 0.3) is 0 Å². The van der Waals surface area contributed by atoms with E-state index in [2.05, 4.69) is 4.90 Å². The Morgan fingerprint density at radius 3 is 2.52 bits per heavy atom. The van der Waals surface area contributed by atoms with Crippen molar-refractivity contribution in [3.05, 3.63) is 36.0 Å². The maximum Gasteiger partial charge on any atom is 0.410 e. The average molecular weight is 707 g/mol. The molecule has 3 saturated heterocycles. The smallest absolute Gasteiger partial charge is 0.410 e. The second-order valence-electron chi connectivity index (χ2n) is 15.4. The van der Waals surface area contributed by atoms with Crippen LogP contribution in [0.3, 0.4) is 0 Å². The normalized spacial score (nSPS) is 35.7. The Hall–Kier alpha value is -2.32. The first-order valence-corrected chi connectivity index (χ1v) is 18.6. The van der Waals surface area contributed by atoms with Crippen LogP contribution in [-0.4, -0.2) is 136 Å². The number of carbonyl (C=O) groups excluding carboxylic acids is 2. The second kappa shape index (κ2) is 17.9. The number of nitrogens with zero attached hydrogens (tertiary/aromatic N) is 2. The number of aliphatic hydroxyl groups is 4. The van der Waals surface area contributed by atoms with Gasteiger partial charge in [0, 0.05) is 63.7 Å². The standard InChI is InChI=1S/C38H62N2O10/c1-7-30(42)27(4)35-31(48-35)24-37(5,45)15-8-9-25(2)34-26(3)10-11-32(38(6,46)16-12-29(41)23-33(43)50-34)49-36(44)40-19-17-39(18-20-40)28-13-21-47-22-14-28/h8-11,15,26-32,34-35,41-42,45-46H,7,12-14,16-24H2,1-6H3/b11-10+,15-8+,25-9+. The molecule has 4 aliphatic rings. The topological polar surface area (TPSA) is 162 Å². The minimum atomic E-state index is -1.49. The summed E-state index contributed by atoms with van der Waals surface area (Å²) in [4.78, 5) is 30.4. The molecule has 0 bridgehead atoms. The highest BCUT2D eigenvalue weighted by atomic mass is 16.6. The number of epoxide rings is 1. The molecule has 284 valence electrons. The first-order valence-electron chi connectivity index (χ1n) is 18.6. The van der Waals surface area contributed by atoms with Gasteiger partial charge in [-0.1, -0.05) is 45.1 Å². The van der Waals surface area contributed by atoms with Crippen LogP contribution in [-0.2, 0) is 23.7 Å². The number of esters is 1. The minimum Gasteiger partial charge on any atom is -0.457 e. The van der Waals surface area contributed by atoms with Crippen LogP contribution in [0.2, 0.25) is 0 Å². The average Bonchev–Trinajstić information content (AvgIpc) is 3.84. The largest absolute Gasteiger partial charge is 0.457 e. The number of cyclic esters (lactones) is 1. The minimum absolute atomic E-state index is 0.0134. The highest BCUT2D eigenvalue weighted by Gasteiger charge is 2.47. The second-order valence-corrected chi connectivity index (χ2v) is 15.4. The first-order chi connectivity index (χ1) is 23.6. The molecule has 12 nitrogen and oxygen atoms in total. The van der Waals surface area contributed by atoms with E-state index < -0.39 is 47.7 Å². The summed E-state index contributed by atoms with van der Waals surface area (Å²) in [5.41, 5.74) is -1.95. The van der Waals surface area contributed by atoms with Crippen molar-refractivity contribution in [3.63, 3.8) is 0 Å². The number of rotatable bonds is 10. The summed E-state index contributed by atoms with van der Waals surface area (Å²) in [6, 6.07) is 0.466. The van der Waals surface area contributed by atoms with E-state index in [1.54, 1.807) is 49.1 Å². The fraction of sp³-hybridized carbons (Fsp3) is 0.789. The van der Waals surface area contributed by atoms with Crippen LogP contribution < -0.4 is 0 Å². The number of ether oxygens (including phenoxy) is 4. The lowest BCUT2D eigenvalue weighted by molar-refractivity contribution is -0.151. The Labute approximate surface area is 298 Å². The predicted molar refractivity (Wildman–Crippen MR) is 188 cm³/mol. The van der Waals surface area contributed by atoms with Crippen LogP contribution >= 0.6 is 0 Å². The molecule has 0 aliphatic carbocycles. The van der Waals surface area contributed by atoms with Crippen molar-refractivity contribution in [2.24, 2.45) is 11.8 Å². The van der Waals surface area contributed by atoms with Gasteiger partial charge in [0.1, 0.15) is 11.7 Å². The van der Waals surface area contributed by atoms with E-state index in [-0.39, 0.29) is 43.3 Å². The Morgan fingerprint density at radius 1 is 1.18 bits per heavy atom. The molecule has 4 aliphatic heterocycles. The predicted octanol–water partition coefficient (Wildman–Crippen LogP) is 3.51. The third kappa shape index (κ3) is 11.6. The molecule has 0 saturated carbocycles. The Bertz CT molecular complexity index is 1200. The third-order valence-corrected chi connectivity index (χ3v) is 10.9. The zero-order valence-corrected chi connectivity index (χ0v) is 30.9. The quantitative estimate of drug-likeness (QED) is 0.114. The summed E-state index contributed by atoms with van der Waals surface area (Å²) in [6.07, 6.45) is 7.69. The molecule has 0 aromatic carbocycles. The number of amides is 1. The Balaban J connectivity index is 1.42. The highest BCUT2D eigenvalue weighted by molar-refractivity contribution is 5.70. The summed E-state index contributed by atoms with van der Waals surface area (Å²) in [6.45, 7) is 15.0.